The molecular formula is C20H21N3O3S. The van der Waals surface area contributed by atoms with Crippen molar-refractivity contribution >= 4 is 20.8 Å². The molecule has 1 aliphatic rings. The molecule has 0 saturated carbocycles. The fraction of sp³-hybridized carbons (Fsp3) is 0.250. The fourth-order valence-corrected chi connectivity index (χ4v) is 5.13. The van der Waals surface area contributed by atoms with Crippen molar-refractivity contribution in [2.75, 3.05) is 26.2 Å². The zero-order valence-corrected chi connectivity index (χ0v) is 15.6. The van der Waals surface area contributed by atoms with Crippen molar-refractivity contribution in [2.45, 2.75) is 11.4 Å². The predicted molar refractivity (Wildman–Crippen MR) is 104 cm³/mol. The first-order valence-electron chi connectivity index (χ1n) is 8.87. The van der Waals surface area contributed by atoms with Crippen LogP contribution in [-0.4, -0.2) is 53.9 Å². The molecule has 0 amide bonds. The van der Waals surface area contributed by atoms with E-state index in [0.717, 1.165) is 10.9 Å². The first-order valence-corrected chi connectivity index (χ1v) is 10.3. The second-order valence-corrected chi connectivity index (χ2v) is 8.61. The van der Waals surface area contributed by atoms with Crippen molar-refractivity contribution in [1.29, 1.82) is 0 Å². The third-order valence-electron chi connectivity index (χ3n) is 4.91. The SMILES string of the molecule is O=S(=O)(c1cccc2cnccc12)N1CCN(Cc2cccc(O)c2)CC1. The van der Waals surface area contributed by atoms with E-state index in [-0.39, 0.29) is 5.75 Å². The molecular weight excluding hydrogens is 362 g/mol. The number of sulfonamides is 1. The number of phenols is 1. The molecule has 1 N–H and O–H groups in total. The molecule has 3 aromatic rings. The third-order valence-corrected chi connectivity index (χ3v) is 6.86. The molecule has 2 heterocycles. The Morgan fingerprint density at radius 2 is 1.78 bits per heavy atom. The lowest BCUT2D eigenvalue weighted by Gasteiger charge is -2.34. The molecule has 1 fully saturated rings. The maximum Gasteiger partial charge on any atom is 0.243 e. The summed E-state index contributed by atoms with van der Waals surface area (Å²) in [4.78, 5) is 6.61. The highest BCUT2D eigenvalue weighted by atomic mass is 32.2. The number of piperazine rings is 1. The van der Waals surface area contributed by atoms with Gasteiger partial charge in [-0.05, 0) is 29.8 Å². The Morgan fingerprint density at radius 1 is 1.00 bits per heavy atom. The van der Waals surface area contributed by atoms with Gasteiger partial charge in [0.2, 0.25) is 10.0 Å². The van der Waals surface area contributed by atoms with Gasteiger partial charge in [0, 0.05) is 55.9 Å². The van der Waals surface area contributed by atoms with Crippen LogP contribution in [0.25, 0.3) is 10.8 Å². The van der Waals surface area contributed by atoms with E-state index in [2.05, 4.69) is 9.88 Å². The van der Waals surface area contributed by atoms with E-state index in [0.29, 0.717) is 43.0 Å². The van der Waals surface area contributed by atoms with Crippen molar-refractivity contribution in [3.05, 3.63) is 66.5 Å². The molecule has 2 aromatic carbocycles. The van der Waals surface area contributed by atoms with Gasteiger partial charge >= 0.3 is 0 Å². The number of aromatic nitrogens is 1. The van der Waals surface area contributed by atoms with Crippen LogP contribution in [0.5, 0.6) is 5.75 Å². The van der Waals surface area contributed by atoms with Gasteiger partial charge in [-0.2, -0.15) is 4.31 Å². The molecule has 0 unspecified atom stereocenters. The van der Waals surface area contributed by atoms with Gasteiger partial charge in [0.1, 0.15) is 5.75 Å². The van der Waals surface area contributed by atoms with Crippen LogP contribution < -0.4 is 0 Å². The van der Waals surface area contributed by atoms with Gasteiger partial charge in [0.05, 0.1) is 4.90 Å². The second kappa shape index (κ2) is 7.26. The van der Waals surface area contributed by atoms with Gasteiger partial charge in [-0.25, -0.2) is 8.42 Å². The minimum atomic E-state index is -3.55. The minimum absolute atomic E-state index is 0.249. The summed E-state index contributed by atoms with van der Waals surface area (Å²) < 4.78 is 27.9. The number of pyridine rings is 1. The average molecular weight is 383 g/mol. The Bertz CT molecular complexity index is 1060. The predicted octanol–water partition coefficient (Wildman–Crippen LogP) is 2.45. The average Bonchev–Trinajstić information content (AvgIpc) is 2.68. The van der Waals surface area contributed by atoms with E-state index in [1.807, 2.05) is 18.2 Å². The van der Waals surface area contributed by atoms with Gasteiger partial charge in [-0.1, -0.05) is 24.3 Å². The Kier molecular flexibility index (Phi) is 4.82. The molecule has 0 radical (unpaired) electrons. The molecule has 1 aromatic heterocycles. The van der Waals surface area contributed by atoms with E-state index in [4.69, 9.17) is 0 Å². The highest BCUT2D eigenvalue weighted by Crippen LogP contribution is 2.26. The monoisotopic (exact) mass is 383 g/mol. The number of hydrogen-bond donors (Lipinski definition) is 1. The first kappa shape index (κ1) is 17.9. The quantitative estimate of drug-likeness (QED) is 0.749. The maximum atomic E-state index is 13.2. The topological polar surface area (TPSA) is 73.7 Å². The highest BCUT2D eigenvalue weighted by Gasteiger charge is 2.29. The summed E-state index contributed by atoms with van der Waals surface area (Å²) in [6.45, 7) is 2.90. The number of hydrogen-bond acceptors (Lipinski definition) is 5. The summed E-state index contributed by atoms with van der Waals surface area (Å²) in [6.07, 6.45) is 3.30. The Hall–Kier alpha value is -2.48. The van der Waals surface area contributed by atoms with Crippen LogP contribution in [-0.2, 0) is 16.6 Å². The Balaban J connectivity index is 1.50. The Labute approximate surface area is 158 Å². The minimum Gasteiger partial charge on any atom is -0.508 e. The first-order chi connectivity index (χ1) is 13.0. The van der Waals surface area contributed by atoms with Crippen molar-refractivity contribution in [2.24, 2.45) is 0 Å². The molecule has 6 nitrogen and oxygen atoms in total. The van der Waals surface area contributed by atoms with E-state index < -0.39 is 10.0 Å². The van der Waals surface area contributed by atoms with Gasteiger partial charge in [-0.3, -0.25) is 9.88 Å². The van der Waals surface area contributed by atoms with Crippen molar-refractivity contribution < 1.29 is 13.5 Å². The van der Waals surface area contributed by atoms with Crippen molar-refractivity contribution in [3.8, 4) is 5.75 Å². The molecule has 1 aliphatic heterocycles. The number of aromatic hydroxyl groups is 1. The number of fused-ring (bicyclic) bond motifs is 1. The van der Waals surface area contributed by atoms with Crippen LogP contribution in [0.15, 0.2) is 65.8 Å². The van der Waals surface area contributed by atoms with Crippen LogP contribution in [0.1, 0.15) is 5.56 Å². The normalized spacial score (nSPS) is 16.6. The Morgan fingerprint density at radius 3 is 2.56 bits per heavy atom. The van der Waals surface area contributed by atoms with Gasteiger partial charge in [-0.15, -0.1) is 0 Å². The van der Waals surface area contributed by atoms with Crippen molar-refractivity contribution in [3.63, 3.8) is 0 Å². The van der Waals surface area contributed by atoms with Crippen LogP contribution >= 0.6 is 0 Å². The lowest BCUT2D eigenvalue weighted by Crippen LogP contribution is -2.48. The molecule has 0 atom stereocenters. The molecule has 4 rings (SSSR count). The largest absolute Gasteiger partial charge is 0.508 e. The summed E-state index contributed by atoms with van der Waals surface area (Å²) in [7, 11) is -3.55. The number of rotatable bonds is 4. The van der Waals surface area contributed by atoms with Crippen molar-refractivity contribution in [1.82, 2.24) is 14.2 Å². The number of nitrogens with zero attached hydrogens (tertiary/aromatic N) is 3. The lowest BCUT2D eigenvalue weighted by molar-refractivity contribution is 0.181. The zero-order valence-electron chi connectivity index (χ0n) is 14.8. The summed E-state index contributed by atoms with van der Waals surface area (Å²) in [5, 5.41) is 11.1. The van der Waals surface area contributed by atoms with Crippen LogP contribution in [0.4, 0.5) is 0 Å². The van der Waals surface area contributed by atoms with Crippen LogP contribution in [0, 0.1) is 0 Å². The van der Waals surface area contributed by atoms with E-state index >= 15 is 0 Å². The molecule has 1 saturated heterocycles. The molecule has 0 spiro atoms. The summed E-state index contributed by atoms with van der Waals surface area (Å²) in [5.74, 6) is 0.249. The highest BCUT2D eigenvalue weighted by molar-refractivity contribution is 7.89. The third kappa shape index (κ3) is 3.66. The summed E-state index contributed by atoms with van der Waals surface area (Å²) in [5.41, 5.74) is 1.02. The van der Waals surface area contributed by atoms with Gasteiger partial charge in [0.25, 0.3) is 0 Å². The maximum absolute atomic E-state index is 13.2. The fourth-order valence-electron chi connectivity index (χ4n) is 3.50. The second-order valence-electron chi connectivity index (χ2n) is 6.70. The van der Waals surface area contributed by atoms with Crippen LogP contribution in [0.2, 0.25) is 0 Å². The molecule has 27 heavy (non-hydrogen) atoms. The smallest absolute Gasteiger partial charge is 0.243 e. The van der Waals surface area contributed by atoms with E-state index in [1.165, 1.54) is 0 Å². The summed E-state index contributed by atoms with van der Waals surface area (Å²) in [6, 6.07) is 14.2. The molecule has 140 valence electrons. The van der Waals surface area contributed by atoms with E-state index in [9.17, 15) is 13.5 Å². The molecule has 0 bridgehead atoms. The zero-order chi connectivity index (χ0) is 18.9. The van der Waals surface area contributed by atoms with Crippen LogP contribution in [0.3, 0.4) is 0 Å². The summed E-state index contributed by atoms with van der Waals surface area (Å²) >= 11 is 0. The lowest BCUT2D eigenvalue weighted by atomic mass is 10.2. The standard InChI is InChI=1S/C20H21N3O3S/c24-18-5-1-3-16(13-18)15-22-9-11-23(12-10-22)27(25,26)20-6-2-4-17-14-21-8-7-19(17)20/h1-8,13-14,24H,9-12,15H2. The molecule has 0 aliphatic carbocycles. The molecule has 7 heteroatoms. The number of benzene rings is 2. The van der Waals surface area contributed by atoms with Gasteiger partial charge < -0.3 is 5.11 Å². The van der Waals surface area contributed by atoms with E-state index in [1.54, 1.807) is 47.0 Å². The number of phenolic OH excluding ortho intramolecular Hbond substituents is 1. The van der Waals surface area contributed by atoms with Gasteiger partial charge in [0.15, 0.2) is 0 Å².